The van der Waals surface area contributed by atoms with Crippen molar-refractivity contribution in [2.24, 2.45) is 0 Å². The summed E-state index contributed by atoms with van der Waals surface area (Å²) in [6.07, 6.45) is 2.39. The molecular formula is C9H18N2O2. The van der Waals surface area contributed by atoms with Crippen LogP contribution in [0.1, 0.15) is 12.8 Å². The molecule has 0 radical (unpaired) electrons. The lowest BCUT2D eigenvalue weighted by Gasteiger charge is -2.19. The number of nitrogens with zero attached hydrogens (tertiary/aromatic N) is 2. The van der Waals surface area contributed by atoms with E-state index in [2.05, 4.69) is 4.90 Å². The molecule has 76 valence electrons. The van der Waals surface area contributed by atoms with Crippen molar-refractivity contribution in [3.05, 3.63) is 0 Å². The molecular weight excluding hydrogens is 168 g/mol. The summed E-state index contributed by atoms with van der Waals surface area (Å²) in [7, 11) is 0. The highest BCUT2D eigenvalue weighted by molar-refractivity contribution is 4.69. The second-order valence-electron chi connectivity index (χ2n) is 3.89. The molecule has 2 aliphatic heterocycles. The molecule has 2 saturated heterocycles. The molecule has 2 rings (SSSR count). The smallest absolute Gasteiger partial charge is 0.0958 e. The molecule has 0 aromatic carbocycles. The summed E-state index contributed by atoms with van der Waals surface area (Å²) in [6.45, 7) is 5.62. The lowest BCUT2D eigenvalue weighted by Crippen LogP contribution is -2.32. The van der Waals surface area contributed by atoms with E-state index in [1.54, 1.807) is 0 Å². The van der Waals surface area contributed by atoms with Gasteiger partial charge in [0, 0.05) is 13.1 Å². The SMILES string of the molecule is O[C@H]1CON(CCN2CCCC2)C1. The van der Waals surface area contributed by atoms with Gasteiger partial charge in [-0.3, -0.25) is 4.84 Å². The van der Waals surface area contributed by atoms with Gasteiger partial charge in [-0.05, 0) is 25.9 Å². The van der Waals surface area contributed by atoms with Gasteiger partial charge in [0.2, 0.25) is 0 Å². The Bertz CT molecular complexity index is 160. The third kappa shape index (κ3) is 2.64. The first-order valence-electron chi connectivity index (χ1n) is 5.13. The number of hydrogen-bond acceptors (Lipinski definition) is 4. The zero-order valence-corrected chi connectivity index (χ0v) is 7.98. The minimum absolute atomic E-state index is 0.279. The van der Waals surface area contributed by atoms with E-state index in [0.717, 1.165) is 13.1 Å². The molecule has 0 aliphatic carbocycles. The Labute approximate surface area is 79.0 Å². The van der Waals surface area contributed by atoms with Crippen LogP contribution in [-0.2, 0) is 4.84 Å². The van der Waals surface area contributed by atoms with E-state index in [9.17, 15) is 5.11 Å². The second-order valence-corrected chi connectivity index (χ2v) is 3.89. The summed E-state index contributed by atoms with van der Waals surface area (Å²) in [6, 6.07) is 0. The standard InChI is InChI=1S/C9H18N2O2/c12-9-7-11(13-8-9)6-5-10-3-1-2-4-10/h9,12H,1-8H2/t9-/m1/s1. The molecule has 0 aromatic heterocycles. The van der Waals surface area contributed by atoms with Crippen molar-refractivity contribution in [1.29, 1.82) is 0 Å². The summed E-state index contributed by atoms with van der Waals surface area (Å²) >= 11 is 0. The van der Waals surface area contributed by atoms with Crippen LogP contribution in [0.15, 0.2) is 0 Å². The minimum atomic E-state index is -0.279. The van der Waals surface area contributed by atoms with Crippen LogP contribution in [0.2, 0.25) is 0 Å². The minimum Gasteiger partial charge on any atom is -0.389 e. The zero-order valence-electron chi connectivity index (χ0n) is 7.98. The van der Waals surface area contributed by atoms with E-state index < -0.39 is 0 Å². The highest BCUT2D eigenvalue weighted by Crippen LogP contribution is 2.09. The Balaban J connectivity index is 1.62. The molecule has 13 heavy (non-hydrogen) atoms. The highest BCUT2D eigenvalue weighted by atomic mass is 16.7. The number of β-amino-alcohol motifs (C(OH)–C–C–N with tert-alkyl or cyclic N) is 1. The van der Waals surface area contributed by atoms with Crippen molar-refractivity contribution in [2.45, 2.75) is 18.9 Å². The topological polar surface area (TPSA) is 35.9 Å². The predicted molar refractivity (Wildman–Crippen MR) is 49.2 cm³/mol. The number of aliphatic hydroxyl groups excluding tert-OH is 1. The molecule has 2 heterocycles. The van der Waals surface area contributed by atoms with Crippen molar-refractivity contribution in [2.75, 3.05) is 39.3 Å². The van der Waals surface area contributed by atoms with E-state index in [1.165, 1.54) is 25.9 Å². The third-order valence-electron chi connectivity index (χ3n) is 2.73. The van der Waals surface area contributed by atoms with Gasteiger partial charge in [0.15, 0.2) is 0 Å². The monoisotopic (exact) mass is 186 g/mol. The van der Waals surface area contributed by atoms with Gasteiger partial charge >= 0.3 is 0 Å². The normalized spacial score (nSPS) is 31.6. The lowest BCUT2D eigenvalue weighted by molar-refractivity contribution is -0.112. The summed E-state index contributed by atoms with van der Waals surface area (Å²) < 4.78 is 0. The Morgan fingerprint density at radius 1 is 1.23 bits per heavy atom. The quantitative estimate of drug-likeness (QED) is 0.656. The molecule has 4 heteroatoms. The van der Waals surface area contributed by atoms with Gasteiger partial charge in [0.1, 0.15) is 0 Å². The largest absolute Gasteiger partial charge is 0.389 e. The first-order valence-corrected chi connectivity index (χ1v) is 5.13. The number of rotatable bonds is 3. The molecule has 0 unspecified atom stereocenters. The number of hydroxylamine groups is 2. The molecule has 0 aromatic rings. The summed E-state index contributed by atoms with van der Waals surface area (Å²) in [5.74, 6) is 0. The van der Waals surface area contributed by atoms with E-state index in [1.807, 2.05) is 5.06 Å². The molecule has 2 aliphatic rings. The van der Waals surface area contributed by atoms with Gasteiger partial charge in [-0.1, -0.05) is 0 Å². The fourth-order valence-electron chi connectivity index (χ4n) is 1.95. The Hall–Kier alpha value is -0.160. The Kier molecular flexibility index (Phi) is 3.16. The first-order chi connectivity index (χ1) is 6.34. The van der Waals surface area contributed by atoms with Crippen LogP contribution in [0, 0.1) is 0 Å². The maximum Gasteiger partial charge on any atom is 0.0958 e. The second kappa shape index (κ2) is 4.37. The molecule has 2 fully saturated rings. The average molecular weight is 186 g/mol. The van der Waals surface area contributed by atoms with Crippen molar-refractivity contribution < 1.29 is 9.94 Å². The Morgan fingerprint density at radius 2 is 2.00 bits per heavy atom. The van der Waals surface area contributed by atoms with Crippen LogP contribution in [0.4, 0.5) is 0 Å². The van der Waals surface area contributed by atoms with Crippen molar-refractivity contribution in [3.8, 4) is 0 Å². The van der Waals surface area contributed by atoms with E-state index in [-0.39, 0.29) is 6.10 Å². The molecule has 1 atom stereocenters. The lowest BCUT2D eigenvalue weighted by atomic mass is 10.4. The van der Waals surface area contributed by atoms with Crippen LogP contribution in [-0.4, -0.2) is 60.5 Å². The fraction of sp³-hybridized carbons (Fsp3) is 1.00. The van der Waals surface area contributed by atoms with Crippen LogP contribution < -0.4 is 0 Å². The maximum absolute atomic E-state index is 9.21. The molecule has 0 amide bonds. The maximum atomic E-state index is 9.21. The van der Waals surface area contributed by atoms with Crippen molar-refractivity contribution in [3.63, 3.8) is 0 Å². The van der Waals surface area contributed by atoms with Gasteiger partial charge in [0.05, 0.1) is 19.3 Å². The zero-order chi connectivity index (χ0) is 9.10. The van der Waals surface area contributed by atoms with Gasteiger partial charge in [-0.25, -0.2) is 0 Å². The number of likely N-dealkylation sites (tertiary alicyclic amines) is 1. The summed E-state index contributed by atoms with van der Waals surface area (Å²) in [5, 5.41) is 11.1. The number of aliphatic hydroxyl groups is 1. The van der Waals surface area contributed by atoms with Gasteiger partial charge in [-0.2, -0.15) is 5.06 Å². The summed E-state index contributed by atoms with van der Waals surface area (Å²) in [5.41, 5.74) is 0. The molecule has 0 bridgehead atoms. The van der Waals surface area contributed by atoms with Crippen molar-refractivity contribution in [1.82, 2.24) is 9.96 Å². The van der Waals surface area contributed by atoms with E-state index in [0.29, 0.717) is 13.2 Å². The first kappa shape index (κ1) is 9.40. The van der Waals surface area contributed by atoms with Crippen LogP contribution in [0.25, 0.3) is 0 Å². The van der Waals surface area contributed by atoms with Gasteiger partial charge in [-0.15, -0.1) is 0 Å². The van der Waals surface area contributed by atoms with Gasteiger partial charge < -0.3 is 10.0 Å². The average Bonchev–Trinajstić information content (AvgIpc) is 2.71. The van der Waals surface area contributed by atoms with E-state index >= 15 is 0 Å². The number of hydrogen-bond donors (Lipinski definition) is 1. The summed E-state index contributed by atoms with van der Waals surface area (Å²) in [4.78, 5) is 7.73. The Morgan fingerprint density at radius 3 is 2.62 bits per heavy atom. The highest BCUT2D eigenvalue weighted by Gasteiger charge is 2.22. The van der Waals surface area contributed by atoms with Crippen molar-refractivity contribution >= 4 is 0 Å². The molecule has 4 nitrogen and oxygen atoms in total. The fourth-order valence-corrected chi connectivity index (χ4v) is 1.95. The predicted octanol–water partition coefficient (Wildman–Crippen LogP) is -0.310. The third-order valence-corrected chi connectivity index (χ3v) is 2.73. The van der Waals surface area contributed by atoms with Crippen LogP contribution in [0.5, 0.6) is 0 Å². The molecule has 0 saturated carbocycles. The van der Waals surface area contributed by atoms with Crippen LogP contribution in [0.3, 0.4) is 0 Å². The van der Waals surface area contributed by atoms with Gasteiger partial charge in [0.25, 0.3) is 0 Å². The molecule has 1 N–H and O–H groups in total. The van der Waals surface area contributed by atoms with Crippen LogP contribution >= 0.6 is 0 Å². The van der Waals surface area contributed by atoms with E-state index in [4.69, 9.17) is 4.84 Å². The molecule has 0 spiro atoms.